The number of aromatic nitrogens is 5. The Morgan fingerprint density at radius 3 is 2.62 bits per heavy atom. The second-order valence-electron chi connectivity index (χ2n) is 7.27. The van der Waals surface area contributed by atoms with Crippen LogP contribution in [0.1, 0.15) is 33.1 Å². The van der Waals surface area contributed by atoms with Crippen molar-refractivity contribution in [2.45, 2.75) is 12.5 Å². The second kappa shape index (κ2) is 7.01. The standard InChI is InChI=1S/C22H20N6O/c1-26-12-17(11-23-26)20-14-27(13-16-7-5-6-10-19(16)20)22(29)21-15-28(25-24-21)18-8-3-2-4-9-18/h2-12,15,20H,13-14H2,1H3. The molecule has 0 aliphatic carbocycles. The summed E-state index contributed by atoms with van der Waals surface area (Å²) >= 11 is 0. The van der Waals surface area contributed by atoms with E-state index in [0.717, 1.165) is 16.8 Å². The van der Waals surface area contributed by atoms with Crippen molar-refractivity contribution in [3.8, 4) is 5.69 Å². The Morgan fingerprint density at radius 2 is 1.83 bits per heavy atom. The maximum atomic E-state index is 13.2. The highest BCUT2D eigenvalue weighted by atomic mass is 16.2. The average Bonchev–Trinajstić information content (AvgIpc) is 3.42. The fourth-order valence-electron chi connectivity index (χ4n) is 3.90. The molecule has 4 aromatic rings. The predicted octanol–water partition coefficient (Wildman–Crippen LogP) is 2.79. The summed E-state index contributed by atoms with van der Waals surface area (Å²) in [6.07, 6.45) is 5.58. The zero-order chi connectivity index (χ0) is 19.8. The van der Waals surface area contributed by atoms with Gasteiger partial charge in [-0.3, -0.25) is 9.48 Å². The lowest BCUT2D eigenvalue weighted by atomic mass is 9.86. The van der Waals surface area contributed by atoms with Gasteiger partial charge in [0.1, 0.15) is 0 Å². The smallest absolute Gasteiger partial charge is 0.276 e. The molecule has 29 heavy (non-hydrogen) atoms. The van der Waals surface area contributed by atoms with Gasteiger partial charge in [0, 0.05) is 32.3 Å². The van der Waals surface area contributed by atoms with Gasteiger partial charge < -0.3 is 4.90 Å². The van der Waals surface area contributed by atoms with Gasteiger partial charge in [0.05, 0.1) is 18.1 Å². The molecule has 1 unspecified atom stereocenters. The number of hydrogen-bond acceptors (Lipinski definition) is 4. The second-order valence-corrected chi connectivity index (χ2v) is 7.27. The van der Waals surface area contributed by atoms with Crippen LogP contribution in [0.15, 0.2) is 73.2 Å². The number of amides is 1. The van der Waals surface area contributed by atoms with Crippen molar-refractivity contribution < 1.29 is 4.79 Å². The summed E-state index contributed by atoms with van der Waals surface area (Å²) in [5.41, 5.74) is 4.72. The fourth-order valence-corrected chi connectivity index (χ4v) is 3.90. The molecular weight excluding hydrogens is 364 g/mol. The maximum absolute atomic E-state index is 13.2. The van der Waals surface area contributed by atoms with Gasteiger partial charge in [-0.25, -0.2) is 4.68 Å². The summed E-state index contributed by atoms with van der Waals surface area (Å²) in [7, 11) is 1.91. The molecule has 3 heterocycles. The monoisotopic (exact) mass is 384 g/mol. The van der Waals surface area contributed by atoms with Crippen LogP contribution in [-0.2, 0) is 13.6 Å². The largest absolute Gasteiger partial charge is 0.332 e. The number of fused-ring (bicyclic) bond motifs is 1. The van der Waals surface area contributed by atoms with Crippen LogP contribution in [-0.4, -0.2) is 42.1 Å². The van der Waals surface area contributed by atoms with E-state index in [1.165, 1.54) is 5.56 Å². The molecule has 2 aromatic carbocycles. The fraction of sp³-hybridized carbons (Fsp3) is 0.182. The number of nitrogens with zero attached hydrogens (tertiary/aromatic N) is 6. The van der Waals surface area contributed by atoms with Gasteiger partial charge in [0.15, 0.2) is 5.69 Å². The number of aryl methyl sites for hydroxylation is 1. The first-order valence-corrected chi connectivity index (χ1v) is 9.52. The molecule has 1 aliphatic rings. The van der Waals surface area contributed by atoms with Crippen LogP contribution in [0.3, 0.4) is 0 Å². The maximum Gasteiger partial charge on any atom is 0.276 e. The average molecular weight is 384 g/mol. The highest BCUT2D eigenvalue weighted by Crippen LogP contribution is 2.33. The summed E-state index contributed by atoms with van der Waals surface area (Å²) < 4.78 is 3.42. The summed E-state index contributed by atoms with van der Waals surface area (Å²) in [6, 6.07) is 17.9. The van der Waals surface area contributed by atoms with Crippen molar-refractivity contribution in [3.63, 3.8) is 0 Å². The third-order valence-corrected chi connectivity index (χ3v) is 5.34. The quantitative estimate of drug-likeness (QED) is 0.545. The predicted molar refractivity (Wildman–Crippen MR) is 108 cm³/mol. The number of carbonyl (C=O) groups is 1. The summed E-state index contributed by atoms with van der Waals surface area (Å²) in [6.45, 7) is 1.14. The van der Waals surface area contributed by atoms with Gasteiger partial charge in [0.2, 0.25) is 0 Å². The molecule has 0 radical (unpaired) electrons. The highest BCUT2D eigenvalue weighted by Gasteiger charge is 2.31. The van der Waals surface area contributed by atoms with Crippen LogP contribution in [0.4, 0.5) is 0 Å². The lowest BCUT2D eigenvalue weighted by Gasteiger charge is -2.34. The van der Waals surface area contributed by atoms with Crippen LogP contribution in [0.2, 0.25) is 0 Å². The Kier molecular flexibility index (Phi) is 4.20. The van der Waals surface area contributed by atoms with Crippen LogP contribution in [0.25, 0.3) is 5.69 Å². The molecule has 5 rings (SSSR count). The van der Waals surface area contributed by atoms with Crippen LogP contribution in [0, 0.1) is 0 Å². The highest BCUT2D eigenvalue weighted by molar-refractivity contribution is 5.92. The molecule has 0 fully saturated rings. The molecule has 0 spiro atoms. The topological polar surface area (TPSA) is 68.8 Å². The third kappa shape index (κ3) is 3.20. The van der Waals surface area contributed by atoms with E-state index in [4.69, 9.17) is 0 Å². The van der Waals surface area contributed by atoms with E-state index < -0.39 is 0 Å². The molecule has 1 amide bonds. The minimum atomic E-state index is -0.115. The Morgan fingerprint density at radius 1 is 1.03 bits per heavy atom. The normalized spacial score (nSPS) is 15.9. The Balaban J connectivity index is 1.46. The molecule has 0 saturated heterocycles. The number of rotatable bonds is 3. The summed E-state index contributed by atoms with van der Waals surface area (Å²) in [5.74, 6) is -0.0302. The minimum Gasteiger partial charge on any atom is -0.332 e. The van der Waals surface area contributed by atoms with Crippen molar-refractivity contribution in [2.75, 3.05) is 6.54 Å². The summed E-state index contributed by atoms with van der Waals surface area (Å²) in [4.78, 5) is 15.1. The van der Waals surface area contributed by atoms with Crippen molar-refractivity contribution in [2.24, 2.45) is 7.05 Å². The molecule has 1 aliphatic heterocycles. The van der Waals surface area contributed by atoms with Gasteiger partial charge in [-0.1, -0.05) is 47.7 Å². The van der Waals surface area contributed by atoms with Crippen molar-refractivity contribution in [1.82, 2.24) is 29.7 Å². The lowest BCUT2D eigenvalue weighted by Crippen LogP contribution is -2.38. The van der Waals surface area contributed by atoms with E-state index in [1.807, 2.05) is 66.8 Å². The van der Waals surface area contributed by atoms with E-state index in [9.17, 15) is 4.79 Å². The molecule has 0 N–H and O–H groups in total. The van der Waals surface area contributed by atoms with Gasteiger partial charge in [-0.05, 0) is 28.8 Å². The third-order valence-electron chi connectivity index (χ3n) is 5.34. The van der Waals surface area contributed by atoms with E-state index >= 15 is 0 Å². The van der Waals surface area contributed by atoms with E-state index in [0.29, 0.717) is 18.8 Å². The number of hydrogen-bond donors (Lipinski definition) is 0. The zero-order valence-electron chi connectivity index (χ0n) is 16.0. The Bertz CT molecular complexity index is 1160. The molecule has 0 bridgehead atoms. The Labute approximate surface area is 168 Å². The number of carbonyl (C=O) groups excluding carboxylic acids is 1. The summed E-state index contributed by atoms with van der Waals surface area (Å²) in [5, 5.41) is 12.6. The van der Waals surface area contributed by atoms with Crippen molar-refractivity contribution in [1.29, 1.82) is 0 Å². The molecule has 144 valence electrons. The van der Waals surface area contributed by atoms with Gasteiger partial charge >= 0.3 is 0 Å². The van der Waals surface area contributed by atoms with E-state index in [2.05, 4.69) is 27.5 Å². The van der Waals surface area contributed by atoms with Crippen LogP contribution >= 0.6 is 0 Å². The molecule has 2 aromatic heterocycles. The van der Waals surface area contributed by atoms with Gasteiger partial charge in [-0.15, -0.1) is 5.10 Å². The zero-order valence-corrected chi connectivity index (χ0v) is 16.0. The molecule has 7 heteroatoms. The first-order valence-electron chi connectivity index (χ1n) is 9.52. The first-order chi connectivity index (χ1) is 14.2. The SMILES string of the molecule is Cn1cc(C2CN(C(=O)c3cn(-c4ccccc4)nn3)Cc3ccccc32)cn1. The van der Waals surface area contributed by atoms with Gasteiger partial charge in [-0.2, -0.15) is 5.10 Å². The van der Waals surface area contributed by atoms with E-state index in [-0.39, 0.29) is 11.8 Å². The number of benzene rings is 2. The molecular formula is C22H20N6O. The van der Waals surface area contributed by atoms with Crippen molar-refractivity contribution >= 4 is 5.91 Å². The Hall–Kier alpha value is -3.74. The molecule has 0 saturated carbocycles. The van der Waals surface area contributed by atoms with Crippen molar-refractivity contribution in [3.05, 3.63) is 95.6 Å². The molecule has 1 atom stereocenters. The number of para-hydroxylation sites is 1. The van der Waals surface area contributed by atoms with E-state index in [1.54, 1.807) is 15.6 Å². The van der Waals surface area contributed by atoms with Crippen LogP contribution in [0.5, 0.6) is 0 Å². The van der Waals surface area contributed by atoms with Crippen LogP contribution < -0.4 is 0 Å². The van der Waals surface area contributed by atoms with Gasteiger partial charge in [0.25, 0.3) is 5.91 Å². The lowest BCUT2D eigenvalue weighted by molar-refractivity contribution is 0.0719. The first kappa shape index (κ1) is 17.4. The minimum absolute atomic E-state index is 0.0850. The molecule has 7 nitrogen and oxygen atoms in total.